The number of thiocarbonyl (C=S) groups is 1. The average molecular weight is 371 g/mol. The van der Waals surface area contributed by atoms with Gasteiger partial charge in [0.05, 0.1) is 38.2 Å². The number of benzene rings is 1. The lowest BCUT2D eigenvalue weighted by molar-refractivity contribution is -0.110. The Morgan fingerprint density at radius 3 is 3.04 bits per heavy atom. The summed E-state index contributed by atoms with van der Waals surface area (Å²) in [5.41, 5.74) is 5.33. The maximum Gasteiger partial charge on any atom is 0.414 e. The first-order valence-corrected chi connectivity index (χ1v) is 7.71. The van der Waals surface area contributed by atoms with E-state index in [1.54, 1.807) is 6.07 Å². The first-order valence-electron chi connectivity index (χ1n) is 7.30. The van der Waals surface area contributed by atoms with Crippen LogP contribution in [0.4, 0.5) is 20.6 Å². The Hall–Kier alpha value is -2.66. The van der Waals surface area contributed by atoms with Gasteiger partial charge in [0.2, 0.25) is 6.41 Å². The number of hydrazine groups is 1. The molecule has 1 atom stereocenters. The van der Waals surface area contributed by atoms with E-state index in [1.165, 1.54) is 24.1 Å². The molecule has 1 saturated heterocycles. The van der Waals surface area contributed by atoms with Gasteiger partial charge in [-0.25, -0.2) is 14.6 Å². The summed E-state index contributed by atoms with van der Waals surface area (Å²) in [6.07, 6.45) is -0.530. The third kappa shape index (κ3) is 5.16. The minimum atomic E-state index is -0.563. The van der Waals surface area contributed by atoms with E-state index in [-0.39, 0.29) is 24.1 Å². The van der Waals surface area contributed by atoms with Crippen molar-refractivity contribution < 1.29 is 23.5 Å². The summed E-state index contributed by atoms with van der Waals surface area (Å²) in [5.74, 6) is -0.541. The predicted octanol–water partition coefficient (Wildman–Crippen LogP) is 0.292. The fourth-order valence-electron chi connectivity index (χ4n) is 2.16. The van der Waals surface area contributed by atoms with Crippen molar-refractivity contribution in [2.24, 2.45) is 0 Å². The van der Waals surface area contributed by atoms with Gasteiger partial charge in [0.25, 0.3) is 5.17 Å². The summed E-state index contributed by atoms with van der Waals surface area (Å²) in [4.78, 5) is 23.4. The van der Waals surface area contributed by atoms with Crippen LogP contribution in [0.1, 0.15) is 0 Å². The Labute approximate surface area is 148 Å². The first kappa shape index (κ1) is 18.7. The number of amides is 2. The predicted molar refractivity (Wildman–Crippen MR) is 92.4 cm³/mol. The molecule has 1 fully saturated rings. The van der Waals surface area contributed by atoms with E-state index in [9.17, 15) is 14.0 Å². The van der Waals surface area contributed by atoms with Crippen LogP contribution in [-0.4, -0.2) is 50.6 Å². The molecule has 25 heavy (non-hydrogen) atoms. The molecule has 0 bridgehead atoms. The second-order valence-corrected chi connectivity index (χ2v) is 5.32. The molecule has 2 amide bonds. The topological polar surface area (TPSA) is 104 Å². The highest BCUT2D eigenvalue weighted by Gasteiger charge is 2.32. The van der Waals surface area contributed by atoms with Crippen LogP contribution in [0.3, 0.4) is 0 Å². The Morgan fingerprint density at radius 1 is 1.56 bits per heavy atom. The zero-order valence-corrected chi connectivity index (χ0v) is 14.2. The number of carbonyl (C=O) groups is 2. The van der Waals surface area contributed by atoms with Crippen molar-refractivity contribution in [2.75, 3.05) is 37.1 Å². The number of carbonyl (C=O) groups excluding carboxylic acids is 2. The summed E-state index contributed by atoms with van der Waals surface area (Å²) in [5, 5.41) is 5.75. The van der Waals surface area contributed by atoms with E-state index < -0.39 is 18.0 Å². The van der Waals surface area contributed by atoms with Gasteiger partial charge in [-0.05, 0) is 30.4 Å². The Morgan fingerprint density at radius 2 is 2.36 bits per heavy atom. The smallest absolute Gasteiger partial charge is 0.414 e. The summed E-state index contributed by atoms with van der Waals surface area (Å²) in [6, 6.07) is 4.31. The summed E-state index contributed by atoms with van der Waals surface area (Å²) < 4.78 is 24.1. The van der Waals surface area contributed by atoms with Crippen molar-refractivity contribution in [2.45, 2.75) is 6.10 Å². The number of nitrogens with one attached hydrogen (secondary N) is 4. The van der Waals surface area contributed by atoms with E-state index in [0.717, 1.165) is 0 Å². The molecule has 1 aliphatic rings. The molecule has 0 spiro atoms. The number of nitrogens with zero attached hydrogens (tertiary/aromatic N) is 1. The number of halogens is 1. The van der Waals surface area contributed by atoms with Crippen molar-refractivity contribution >= 4 is 41.3 Å². The summed E-state index contributed by atoms with van der Waals surface area (Å²) in [6.45, 7) is 0.690. The fraction of sp³-hybridized carbons (Fsp3) is 0.357. The standard InChI is InChI=1S/C14H18FN5O4S/c1-23-13(25)16-5-10-6-20(14(22)24-10)9-2-3-12(11(15)4-9)17-7-18-19-8-21/h2-4,8,10,17-18H,5-7H2,1H3,(H,16,25)(H,19,21)/t10-/m0/s1. The van der Waals surface area contributed by atoms with Crippen LogP contribution < -0.4 is 26.4 Å². The maximum atomic E-state index is 14.1. The molecule has 2 rings (SSSR count). The molecule has 136 valence electrons. The number of cyclic esters (lactones) is 1. The molecule has 11 heteroatoms. The molecule has 0 saturated carbocycles. The normalized spacial score (nSPS) is 16.2. The molecule has 0 unspecified atom stereocenters. The van der Waals surface area contributed by atoms with Crippen molar-refractivity contribution in [3.63, 3.8) is 0 Å². The van der Waals surface area contributed by atoms with Gasteiger partial charge in [0, 0.05) is 0 Å². The highest BCUT2D eigenvalue weighted by molar-refractivity contribution is 7.80. The zero-order chi connectivity index (χ0) is 18.2. The van der Waals surface area contributed by atoms with Gasteiger partial charge < -0.3 is 20.1 Å². The lowest BCUT2D eigenvalue weighted by atomic mass is 10.2. The number of hydrogen-bond acceptors (Lipinski definition) is 7. The number of hydrogen-bond donors (Lipinski definition) is 4. The third-order valence-corrected chi connectivity index (χ3v) is 3.64. The van der Waals surface area contributed by atoms with Crippen LogP contribution >= 0.6 is 12.2 Å². The van der Waals surface area contributed by atoms with Crippen molar-refractivity contribution in [1.29, 1.82) is 0 Å². The maximum absolute atomic E-state index is 14.1. The van der Waals surface area contributed by atoms with Crippen molar-refractivity contribution in [1.82, 2.24) is 16.2 Å². The molecule has 9 nitrogen and oxygen atoms in total. The number of ether oxygens (including phenoxy) is 2. The van der Waals surface area contributed by atoms with Crippen LogP contribution in [0.5, 0.6) is 0 Å². The van der Waals surface area contributed by atoms with E-state index in [0.29, 0.717) is 18.6 Å². The highest BCUT2D eigenvalue weighted by atomic mass is 32.1. The summed E-state index contributed by atoms with van der Waals surface area (Å²) >= 11 is 4.85. The lowest BCUT2D eigenvalue weighted by Gasteiger charge is -2.15. The number of rotatable bonds is 8. The lowest BCUT2D eigenvalue weighted by Crippen LogP contribution is -2.35. The highest BCUT2D eigenvalue weighted by Crippen LogP contribution is 2.25. The largest absolute Gasteiger partial charge is 0.474 e. The van der Waals surface area contributed by atoms with Crippen molar-refractivity contribution in [3.8, 4) is 0 Å². The second-order valence-electron chi connectivity index (χ2n) is 4.95. The molecule has 1 aromatic carbocycles. The molecule has 1 aliphatic heterocycles. The van der Waals surface area contributed by atoms with E-state index in [2.05, 4.69) is 21.5 Å². The van der Waals surface area contributed by atoms with E-state index in [4.69, 9.17) is 21.7 Å². The first-order chi connectivity index (χ1) is 12.0. The fourth-order valence-corrected chi connectivity index (χ4v) is 2.24. The van der Waals surface area contributed by atoms with Crippen LogP contribution in [0, 0.1) is 5.82 Å². The molecular weight excluding hydrogens is 353 g/mol. The second kappa shape index (κ2) is 8.99. The van der Waals surface area contributed by atoms with Gasteiger partial charge in [-0.3, -0.25) is 15.1 Å². The van der Waals surface area contributed by atoms with Gasteiger partial charge in [0.15, 0.2) is 0 Å². The van der Waals surface area contributed by atoms with Crippen molar-refractivity contribution in [3.05, 3.63) is 24.0 Å². The van der Waals surface area contributed by atoms with Gasteiger partial charge in [-0.1, -0.05) is 0 Å². The van der Waals surface area contributed by atoms with Gasteiger partial charge >= 0.3 is 6.09 Å². The molecule has 4 N–H and O–H groups in total. The van der Waals surface area contributed by atoms with Crippen LogP contribution in [0.2, 0.25) is 0 Å². The van der Waals surface area contributed by atoms with Crippen LogP contribution in [-0.2, 0) is 14.3 Å². The third-order valence-electron chi connectivity index (χ3n) is 3.33. The number of methoxy groups -OCH3 is 1. The minimum absolute atomic E-state index is 0.133. The minimum Gasteiger partial charge on any atom is -0.474 e. The monoisotopic (exact) mass is 371 g/mol. The molecule has 0 aliphatic carbocycles. The van der Waals surface area contributed by atoms with Gasteiger partial charge in [-0.2, -0.15) is 0 Å². The summed E-state index contributed by atoms with van der Waals surface area (Å²) in [7, 11) is 1.44. The van der Waals surface area contributed by atoms with Gasteiger partial charge in [0.1, 0.15) is 11.9 Å². The van der Waals surface area contributed by atoms with Crippen LogP contribution in [0.25, 0.3) is 0 Å². The SMILES string of the molecule is COC(=S)NC[C@H]1CN(c2ccc(NCNNC=O)c(F)c2)C(=O)O1. The molecule has 1 aromatic rings. The Kier molecular flexibility index (Phi) is 6.71. The Bertz CT molecular complexity index is 648. The quantitative estimate of drug-likeness (QED) is 0.170. The zero-order valence-electron chi connectivity index (χ0n) is 13.4. The van der Waals surface area contributed by atoms with Gasteiger partial charge in [-0.15, -0.1) is 0 Å². The number of anilines is 2. The average Bonchev–Trinajstić information content (AvgIpc) is 2.98. The van der Waals surface area contributed by atoms with Crippen LogP contribution in [0.15, 0.2) is 18.2 Å². The molecule has 0 aromatic heterocycles. The molecule has 0 radical (unpaired) electrons. The molecular formula is C14H18FN5O4S. The van der Waals surface area contributed by atoms with E-state index >= 15 is 0 Å². The van der Waals surface area contributed by atoms with E-state index in [1.807, 2.05) is 0 Å². The Balaban J connectivity index is 1.94. The molecule has 1 heterocycles.